The van der Waals surface area contributed by atoms with Crippen molar-refractivity contribution in [3.63, 3.8) is 0 Å². The monoisotopic (exact) mass is 392 g/mol. The smallest absolute Gasteiger partial charge is 0.200 e. The summed E-state index contributed by atoms with van der Waals surface area (Å²) >= 11 is 0. The van der Waals surface area contributed by atoms with E-state index in [0.717, 1.165) is 13.2 Å². The maximum Gasteiger partial charge on any atom is 0.200 e. The minimum atomic E-state index is -1.27. The van der Waals surface area contributed by atoms with Gasteiger partial charge in [0, 0.05) is 11.6 Å². The molecular weight excluding hydrogens is 369 g/mol. The Morgan fingerprint density at radius 2 is 1.68 bits per heavy atom. The molecule has 28 heavy (non-hydrogen) atoms. The summed E-state index contributed by atoms with van der Waals surface area (Å²) in [5, 5.41) is 9.13. The highest BCUT2D eigenvalue weighted by atomic mass is 19.2. The molecule has 0 fully saturated rings. The molecule has 0 saturated heterocycles. The molecule has 1 N–H and O–H groups in total. The number of halogens is 3. The highest BCUT2D eigenvalue weighted by Crippen LogP contribution is 2.27. The summed E-state index contributed by atoms with van der Waals surface area (Å²) in [5.41, 5.74) is 0.228. The fourth-order valence-corrected chi connectivity index (χ4v) is 1.63. The fourth-order valence-electron chi connectivity index (χ4n) is 1.63. The van der Waals surface area contributed by atoms with E-state index in [1.165, 1.54) is 24.3 Å². The number of ether oxygens (including phenoxy) is 2. The van der Waals surface area contributed by atoms with E-state index in [2.05, 4.69) is 44.2 Å². The minimum absolute atomic E-state index is 0.0605. The van der Waals surface area contributed by atoms with Crippen LogP contribution in [0.5, 0.6) is 11.5 Å². The number of benzene rings is 1. The summed E-state index contributed by atoms with van der Waals surface area (Å²) in [4.78, 5) is 0. The van der Waals surface area contributed by atoms with Crippen molar-refractivity contribution < 1.29 is 27.8 Å². The van der Waals surface area contributed by atoms with Gasteiger partial charge < -0.3 is 14.6 Å². The number of allylic oxidation sites excluding steroid dienone is 5. The lowest BCUT2D eigenvalue weighted by Crippen LogP contribution is -2.00. The van der Waals surface area contributed by atoms with E-state index in [1.807, 2.05) is 0 Å². The average Bonchev–Trinajstić information content (AvgIpc) is 2.70. The molecule has 0 aliphatic heterocycles. The summed E-state index contributed by atoms with van der Waals surface area (Å²) < 4.78 is 50.8. The molecule has 1 rings (SSSR count). The van der Waals surface area contributed by atoms with Crippen LogP contribution in [0.1, 0.15) is 0 Å². The van der Waals surface area contributed by atoms with Gasteiger partial charge in [-0.3, -0.25) is 0 Å². The number of aromatic hydroxyl groups is 1. The number of phenols is 1. The Bertz CT molecular complexity index is 820. The molecule has 0 atom stereocenters. The largest absolute Gasteiger partial charge is 0.508 e. The minimum Gasteiger partial charge on any atom is -0.508 e. The SMILES string of the molecule is C=C.C=C(/C=C\C(=C)C(=C)/C(F)=C(/F)C(=C)OC)COc1ccc(O)cc1F. The first kappa shape index (κ1) is 24.6. The summed E-state index contributed by atoms with van der Waals surface area (Å²) in [5.74, 6) is -3.97. The Hall–Kier alpha value is -3.41. The molecule has 0 radical (unpaired) electrons. The highest BCUT2D eigenvalue weighted by molar-refractivity contribution is 5.49. The Morgan fingerprint density at radius 1 is 1.07 bits per heavy atom. The van der Waals surface area contributed by atoms with Crippen molar-refractivity contribution in [1.82, 2.24) is 0 Å². The molecule has 1 aromatic rings. The molecule has 0 saturated carbocycles. The van der Waals surface area contributed by atoms with Gasteiger partial charge in [-0.2, -0.15) is 4.39 Å². The lowest BCUT2D eigenvalue weighted by atomic mass is 10.1. The van der Waals surface area contributed by atoms with Gasteiger partial charge >= 0.3 is 0 Å². The second kappa shape index (κ2) is 12.1. The second-order valence-corrected chi connectivity index (χ2v) is 5.15. The standard InChI is InChI=1S/C20H19F3O3.C2H4/c1-12(11-26-18-9-8-16(24)10-17(18)21)6-7-13(2)14(3)19(22)20(23)15(4)25-5;1-2/h6-10,24H,1-4,11H2,5H3;1-2H2/b7-6-,20-19-;. The topological polar surface area (TPSA) is 38.7 Å². The van der Waals surface area contributed by atoms with Gasteiger partial charge in [-0.15, -0.1) is 13.2 Å². The lowest BCUT2D eigenvalue weighted by Gasteiger charge is -2.08. The fraction of sp³-hybridized carbons (Fsp3) is 0.0909. The van der Waals surface area contributed by atoms with E-state index in [0.29, 0.717) is 5.57 Å². The molecule has 0 heterocycles. The van der Waals surface area contributed by atoms with Gasteiger partial charge in [0.15, 0.2) is 17.4 Å². The number of rotatable bonds is 9. The maximum atomic E-state index is 13.9. The third kappa shape index (κ3) is 7.45. The van der Waals surface area contributed by atoms with E-state index in [-0.39, 0.29) is 29.3 Å². The van der Waals surface area contributed by atoms with Gasteiger partial charge in [0.1, 0.15) is 18.1 Å². The van der Waals surface area contributed by atoms with Crippen LogP contribution in [-0.4, -0.2) is 18.8 Å². The summed E-state index contributed by atoms with van der Waals surface area (Å²) in [7, 11) is 1.16. The zero-order chi connectivity index (χ0) is 21.9. The molecule has 150 valence electrons. The molecule has 0 unspecified atom stereocenters. The van der Waals surface area contributed by atoms with Gasteiger partial charge in [-0.1, -0.05) is 38.5 Å². The molecule has 0 spiro atoms. The molecule has 6 heteroatoms. The van der Waals surface area contributed by atoms with Crippen molar-refractivity contribution >= 4 is 0 Å². The highest BCUT2D eigenvalue weighted by Gasteiger charge is 2.14. The van der Waals surface area contributed by atoms with Crippen molar-refractivity contribution in [2.75, 3.05) is 13.7 Å². The quantitative estimate of drug-likeness (QED) is 0.307. The van der Waals surface area contributed by atoms with Crippen LogP contribution in [0.25, 0.3) is 0 Å². The molecule has 1 aromatic carbocycles. The molecule has 0 bridgehead atoms. The van der Waals surface area contributed by atoms with Crippen LogP contribution in [0.15, 0.2) is 104 Å². The second-order valence-electron chi connectivity index (χ2n) is 5.15. The Kier molecular flexibility index (Phi) is 10.6. The molecule has 0 amide bonds. The number of methoxy groups -OCH3 is 1. The van der Waals surface area contributed by atoms with E-state index in [4.69, 9.17) is 9.84 Å². The van der Waals surface area contributed by atoms with Gasteiger partial charge in [0.05, 0.1) is 7.11 Å². The molecule has 3 nitrogen and oxygen atoms in total. The first-order valence-electron chi connectivity index (χ1n) is 7.81. The molecule has 0 aromatic heterocycles. The van der Waals surface area contributed by atoms with E-state index < -0.39 is 23.2 Å². The summed E-state index contributed by atoms with van der Waals surface area (Å²) in [6.07, 6.45) is 2.81. The normalized spacial score (nSPS) is 11.0. The first-order chi connectivity index (χ1) is 13.2. The molecular formula is C22H23F3O3. The predicted molar refractivity (Wildman–Crippen MR) is 107 cm³/mol. The van der Waals surface area contributed by atoms with Crippen LogP contribution >= 0.6 is 0 Å². The van der Waals surface area contributed by atoms with Crippen molar-refractivity contribution in [2.24, 2.45) is 0 Å². The predicted octanol–water partition coefficient (Wildman–Crippen LogP) is 6.25. The third-order valence-corrected chi connectivity index (χ3v) is 3.19. The van der Waals surface area contributed by atoms with Crippen LogP contribution < -0.4 is 4.74 Å². The van der Waals surface area contributed by atoms with Crippen LogP contribution in [0.4, 0.5) is 13.2 Å². The van der Waals surface area contributed by atoms with Crippen LogP contribution in [0.3, 0.4) is 0 Å². The Labute approximate surface area is 163 Å². The first-order valence-corrected chi connectivity index (χ1v) is 7.81. The zero-order valence-corrected chi connectivity index (χ0v) is 15.7. The number of phenolic OH excluding ortho intramolecular Hbond substituents is 1. The van der Waals surface area contributed by atoms with Crippen LogP contribution in [0.2, 0.25) is 0 Å². The summed E-state index contributed by atoms with van der Waals surface area (Å²) in [6.45, 7) is 19.9. The van der Waals surface area contributed by atoms with Crippen molar-refractivity contribution in [3.8, 4) is 11.5 Å². The lowest BCUT2D eigenvalue weighted by molar-refractivity contribution is 0.281. The van der Waals surface area contributed by atoms with Crippen molar-refractivity contribution in [1.29, 1.82) is 0 Å². The van der Waals surface area contributed by atoms with Gasteiger partial charge in [0.2, 0.25) is 5.83 Å². The maximum absolute atomic E-state index is 13.9. The average molecular weight is 392 g/mol. The van der Waals surface area contributed by atoms with E-state index in [9.17, 15) is 13.2 Å². The van der Waals surface area contributed by atoms with Crippen LogP contribution in [0, 0.1) is 5.82 Å². The van der Waals surface area contributed by atoms with Gasteiger partial charge in [-0.05, 0) is 23.3 Å². The zero-order valence-electron chi connectivity index (χ0n) is 15.7. The molecule has 0 aliphatic carbocycles. The Balaban J connectivity index is 0.00000352. The third-order valence-electron chi connectivity index (χ3n) is 3.19. The number of hydrogen-bond donors (Lipinski definition) is 1. The van der Waals surface area contributed by atoms with E-state index in [1.54, 1.807) is 0 Å². The van der Waals surface area contributed by atoms with Gasteiger partial charge in [0.25, 0.3) is 0 Å². The van der Waals surface area contributed by atoms with Crippen molar-refractivity contribution in [3.05, 3.63) is 110 Å². The summed E-state index contributed by atoms with van der Waals surface area (Å²) in [6, 6.07) is 3.46. The molecule has 0 aliphatic rings. The van der Waals surface area contributed by atoms with Crippen molar-refractivity contribution in [2.45, 2.75) is 0 Å². The van der Waals surface area contributed by atoms with Crippen LogP contribution in [-0.2, 0) is 4.74 Å². The number of hydrogen-bond acceptors (Lipinski definition) is 3. The van der Waals surface area contributed by atoms with Gasteiger partial charge in [-0.25, -0.2) is 8.78 Å². The van der Waals surface area contributed by atoms with E-state index >= 15 is 0 Å². The Morgan fingerprint density at radius 3 is 2.21 bits per heavy atom.